The van der Waals surface area contributed by atoms with Gasteiger partial charge in [-0.15, -0.1) is 0 Å². The van der Waals surface area contributed by atoms with Crippen LogP contribution in [0.25, 0.3) is 0 Å². The van der Waals surface area contributed by atoms with Gasteiger partial charge in [-0.2, -0.15) is 0 Å². The highest BCUT2D eigenvalue weighted by Crippen LogP contribution is 2.50. The minimum absolute atomic E-state index is 0.0885. The molecule has 3 aromatic heterocycles. The predicted octanol–water partition coefficient (Wildman–Crippen LogP) is 3.27. The third-order valence-electron chi connectivity index (χ3n) is 6.95. The monoisotopic (exact) mass is 430 g/mol. The fraction of sp³-hybridized carbons (Fsp3) is 0.440. The Labute approximate surface area is 189 Å². The van der Waals surface area contributed by atoms with E-state index in [4.69, 9.17) is 4.98 Å². The number of imidazole rings is 1. The molecular formula is C25H30N6O. The maximum atomic E-state index is 13.9. The van der Waals surface area contributed by atoms with E-state index in [1.54, 1.807) is 12.4 Å². The van der Waals surface area contributed by atoms with E-state index in [9.17, 15) is 4.79 Å². The smallest absolute Gasteiger partial charge is 0.231 e. The van der Waals surface area contributed by atoms with Crippen molar-refractivity contribution in [3.63, 3.8) is 0 Å². The summed E-state index contributed by atoms with van der Waals surface area (Å²) in [4.78, 5) is 31.6. The molecule has 1 amide bonds. The number of pyridine rings is 2. The normalized spacial score (nSPS) is 23.7. The zero-order chi connectivity index (χ0) is 22.1. The summed E-state index contributed by atoms with van der Waals surface area (Å²) >= 11 is 0. The fourth-order valence-electron chi connectivity index (χ4n) is 5.26. The standard InChI is InChI=1S/C25H30N6O/c1-19(2)31-16-23(28-18-31)22-15-29(13-20-5-3-8-26-11-20)17-25(22)7-10-30(24(25)32)14-21-6-4-9-27-12-21/h3-6,8-9,11-12,16,18-19,22H,7,10,13-15,17H2,1-2H3. The molecule has 0 N–H and O–H groups in total. The van der Waals surface area contributed by atoms with Gasteiger partial charge in [-0.1, -0.05) is 12.1 Å². The average Bonchev–Trinajstić information content (AvgIpc) is 3.50. The van der Waals surface area contributed by atoms with Gasteiger partial charge in [0.25, 0.3) is 0 Å². The summed E-state index contributed by atoms with van der Waals surface area (Å²) in [6, 6.07) is 8.39. The van der Waals surface area contributed by atoms with Crippen LogP contribution in [0, 0.1) is 5.41 Å². The van der Waals surface area contributed by atoms with Gasteiger partial charge in [-0.3, -0.25) is 19.7 Å². The van der Waals surface area contributed by atoms with Crippen LogP contribution < -0.4 is 0 Å². The maximum absolute atomic E-state index is 13.9. The summed E-state index contributed by atoms with van der Waals surface area (Å²) in [5.41, 5.74) is 2.85. The molecule has 0 saturated carbocycles. The van der Waals surface area contributed by atoms with Crippen molar-refractivity contribution in [1.29, 1.82) is 0 Å². The lowest BCUT2D eigenvalue weighted by Gasteiger charge is -2.28. The number of likely N-dealkylation sites (tertiary alicyclic amines) is 2. The largest absolute Gasteiger partial charge is 0.338 e. The van der Waals surface area contributed by atoms with Gasteiger partial charge in [-0.25, -0.2) is 4.98 Å². The third-order valence-corrected chi connectivity index (χ3v) is 6.95. The van der Waals surface area contributed by atoms with Crippen LogP contribution in [0.15, 0.2) is 61.6 Å². The molecule has 5 heterocycles. The Morgan fingerprint density at radius 3 is 2.44 bits per heavy atom. The van der Waals surface area contributed by atoms with Gasteiger partial charge in [0.15, 0.2) is 0 Å². The number of amides is 1. The van der Waals surface area contributed by atoms with Gasteiger partial charge in [0.2, 0.25) is 5.91 Å². The van der Waals surface area contributed by atoms with Crippen LogP contribution in [0.1, 0.15) is 49.0 Å². The number of nitrogens with zero attached hydrogens (tertiary/aromatic N) is 6. The summed E-state index contributed by atoms with van der Waals surface area (Å²) < 4.78 is 2.14. The van der Waals surface area contributed by atoms with E-state index in [0.717, 1.165) is 43.9 Å². The average molecular weight is 431 g/mol. The van der Waals surface area contributed by atoms with Gasteiger partial charge in [0.05, 0.1) is 17.4 Å². The molecule has 32 heavy (non-hydrogen) atoms. The number of hydrogen-bond acceptors (Lipinski definition) is 5. The molecule has 7 heteroatoms. The first-order valence-electron chi connectivity index (χ1n) is 11.4. The summed E-state index contributed by atoms with van der Waals surface area (Å²) in [6.45, 7) is 8.08. The second kappa shape index (κ2) is 8.47. The topological polar surface area (TPSA) is 67.2 Å². The van der Waals surface area contributed by atoms with Gasteiger partial charge in [0.1, 0.15) is 0 Å². The van der Waals surface area contributed by atoms with Gasteiger partial charge in [-0.05, 0) is 43.5 Å². The molecule has 2 atom stereocenters. The lowest BCUT2D eigenvalue weighted by Crippen LogP contribution is -2.39. The SMILES string of the molecule is CC(C)n1cnc(C2CN(Cc3cccnc3)CC23CCN(Cc2cccnc2)C3=O)c1. The molecule has 2 fully saturated rings. The fourth-order valence-corrected chi connectivity index (χ4v) is 5.26. The Morgan fingerprint density at radius 2 is 1.81 bits per heavy atom. The van der Waals surface area contributed by atoms with Gasteiger partial charge >= 0.3 is 0 Å². The molecule has 0 radical (unpaired) electrons. The minimum atomic E-state index is -0.430. The number of aromatic nitrogens is 4. The van der Waals surface area contributed by atoms with Crippen molar-refractivity contribution < 1.29 is 4.79 Å². The highest BCUT2D eigenvalue weighted by molar-refractivity contribution is 5.86. The first-order valence-corrected chi connectivity index (χ1v) is 11.4. The molecule has 0 aliphatic carbocycles. The summed E-state index contributed by atoms with van der Waals surface area (Å²) in [7, 11) is 0. The van der Waals surface area contributed by atoms with Crippen LogP contribution in [0.2, 0.25) is 0 Å². The highest BCUT2D eigenvalue weighted by atomic mass is 16.2. The molecule has 166 valence electrons. The van der Waals surface area contributed by atoms with Gasteiger partial charge < -0.3 is 9.47 Å². The lowest BCUT2D eigenvalue weighted by atomic mass is 9.75. The second-order valence-corrected chi connectivity index (χ2v) is 9.42. The molecule has 7 nitrogen and oxygen atoms in total. The van der Waals surface area contributed by atoms with Crippen molar-refractivity contribution in [2.75, 3.05) is 19.6 Å². The molecule has 2 aliphatic rings. The third kappa shape index (κ3) is 3.81. The minimum Gasteiger partial charge on any atom is -0.338 e. The predicted molar refractivity (Wildman–Crippen MR) is 122 cm³/mol. The molecule has 2 aliphatic heterocycles. The quantitative estimate of drug-likeness (QED) is 0.600. The lowest BCUT2D eigenvalue weighted by molar-refractivity contribution is -0.136. The molecule has 3 aromatic rings. The summed E-state index contributed by atoms with van der Waals surface area (Å²) in [6.07, 6.45) is 12.2. The van der Waals surface area contributed by atoms with Crippen molar-refractivity contribution >= 4 is 5.91 Å². The Hall–Kier alpha value is -3.06. The van der Waals surface area contributed by atoms with Crippen LogP contribution in [0.3, 0.4) is 0 Å². The van der Waals surface area contributed by atoms with Crippen LogP contribution in [-0.4, -0.2) is 54.9 Å². The number of rotatable bonds is 6. The molecule has 1 spiro atoms. The molecule has 0 aromatic carbocycles. The number of carbonyl (C=O) groups is 1. The van der Waals surface area contributed by atoms with Crippen LogP contribution >= 0.6 is 0 Å². The van der Waals surface area contributed by atoms with E-state index in [0.29, 0.717) is 12.6 Å². The summed E-state index contributed by atoms with van der Waals surface area (Å²) in [5, 5.41) is 0. The molecule has 5 rings (SSSR count). The van der Waals surface area contributed by atoms with Crippen LogP contribution in [0.4, 0.5) is 0 Å². The van der Waals surface area contributed by atoms with E-state index in [-0.39, 0.29) is 11.8 Å². The first kappa shape index (κ1) is 20.8. The Bertz CT molecular complexity index is 1070. The van der Waals surface area contributed by atoms with E-state index in [2.05, 4.69) is 45.5 Å². The number of carbonyl (C=O) groups excluding carboxylic acids is 1. The highest BCUT2D eigenvalue weighted by Gasteiger charge is 2.57. The molecule has 2 unspecified atom stereocenters. The first-order chi connectivity index (χ1) is 15.5. The molecule has 0 bridgehead atoms. The zero-order valence-electron chi connectivity index (χ0n) is 18.8. The van der Waals surface area contributed by atoms with Gasteiger partial charge in [0, 0.05) is 75.7 Å². The van der Waals surface area contributed by atoms with E-state index >= 15 is 0 Å². The number of hydrogen-bond donors (Lipinski definition) is 0. The Kier molecular flexibility index (Phi) is 5.51. The summed E-state index contributed by atoms with van der Waals surface area (Å²) in [5.74, 6) is 0.338. The van der Waals surface area contributed by atoms with Crippen molar-refractivity contribution in [3.05, 3.63) is 78.4 Å². The van der Waals surface area contributed by atoms with Crippen LogP contribution in [-0.2, 0) is 17.9 Å². The van der Waals surface area contributed by atoms with E-state index < -0.39 is 5.41 Å². The van der Waals surface area contributed by atoms with E-state index in [1.165, 1.54) is 5.56 Å². The maximum Gasteiger partial charge on any atom is 0.231 e. The zero-order valence-corrected chi connectivity index (χ0v) is 18.8. The molecular weight excluding hydrogens is 400 g/mol. The van der Waals surface area contributed by atoms with Crippen molar-refractivity contribution in [1.82, 2.24) is 29.3 Å². The molecule has 2 saturated heterocycles. The Balaban J connectivity index is 1.43. The van der Waals surface area contributed by atoms with Crippen molar-refractivity contribution in [3.8, 4) is 0 Å². The second-order valence-electron chi connectivity index (χ2n) is 9.42. The van der Waals surface area contributed by atoms with E-state index in [1.807, 2.05) is 41.8 Å². The van der Waals surface area contributed by atoms with Crippen molar-refractivity contribution in [2.45, 2.75) is 45.3 Å². The van der Waals surface area contributed by atoms with Crippen LogP contribution in [0.5, 0.6) is 0 Å². The van der Waals surface area contributed by atoms with Crippen molar-refractivity contribution in [2.24, 2.45) is 5.41 Å². The Morgan fingerprint density at radius 1 is 1.09 bits per heavy atom.